The number of anilines is 2. The van der Waals surface area contributed by atoms with E-state index in [0.29, 0.717) is 11.4 Å². The quantitative estimate of drug-likeness (QED) is 0.332. The Balaban J connectivity index is 1.56. The SMILES string of the molecule is Cc1cccc(Oc2nc(NC(=O)C(=O)O)c(C(=O)Nc3ccc(-c4ccccc4)cc3)s2)c1. The summed E-state index contributed by atoms with van der Waals surface area (Å²) in [4.78, 5) is 39.8. The lowest BCUT2D eigenvalue weighted by Crippen LogP contribution is -2.23. The molecule has 3 N–H and O–H groups in total. The molecule has 9 heteroatoms. The topological polar surface area (TPSA) is 118 Å². The number of carbonyl (C=O) groups is 3. The number of carboxylic acids is 1. The molecule has 34 heavy (non-hydrogen) atoms. The second-order valence-electron chi connectivity index (χ2n) is 7.23. The number of rotatable bonds is 6. The number of aliphatic carboxylic acids is 1. The molecule has 1 aromatic heterocycles. The summed E-state index contributed by atoms with van der Waals surface area (Å²) in [6.45, 7) is 1.90. The van der Waals surface area contributed by atoms with Crippen LogP contribution in [-0.4, -0.2) is 27.9 Å². The molecule has 4 aromatic rings. The molecule has 0 aliphatic rings. The first kappa shape index (κ1) is 22.7. The highest BCUT2D eigenvalue weighted by Crippen LogP contribution is 2.33. The molecule has 4 rings (SSSR count). The van der Waals surface area contributed by atoms with Crippen molar-refractivity contribution in [2.45, 2.75) is 6.92 Å². The highest BCUT2D eigenvalue weighted by Gasteiger charge is 2.23. The highest BCUT2D eigenvalue weighted by atomic mass is 32.1. The highest BCUT2D eigenvalue weighted by molar-refractivity contribution is 7.16. The third-order valence-corrected chi connectivity index (χ3v) is 5.62. The summed E-state index contributed by atoms with van der Waals surface area (Å²) in [7, 11) is 0. The van der Waals surface area contributed by atoms with Gasteiger partial charge in [-0.25, -0.2) is 4.79 Å². The molecule has 0 bridgehead atoms. The molecular weight excluding hydrogens is 454 g/mol. The summed E-state index contributed by atoms with van der Waals surface area (Å²) in [5.41, 5.74) is 3.51. The number of aryl methyl sites for hydroxylation is 1. The fourth-order valence-electron chi connectivity index (χ4n) is 3.09. The van der Waals surface area contributed by atoms with Gasteiger partial charge in [0, 0.05) is 5.69 Å². The van der Waals surface area contributed by atoms with Gasteiger partial charge in [0.1, 0.15) is 10.6 Å². The molecule has 170 valence electrons. The Kier molecular flexibility index (Phi) is 6.65. The number of carboxylic acid groups (broad SMARTS) is 1. The smallest absolute Gasteiger partial charge is 0.394 e. The van der Waals surface area contributed by atoms with Crippen molar-refractivity contribution in [3.05, 3.63) is 89.3 Å². The number of ether oxygens (including phenoxy) is 1. The van der Waals surface area contributed by atoms with Gasteiger partial charge in [-0.15, -0.1) is 0 Å². The van der Waals surface area contributed by atoms with Gasteiger partial charge in [0.25, 0.3) is 11.1 Å². The molecule has 0 aliphatic carbocycles. The van der Waals surface area contributed by atoms with Crippen LogP contribution in [0.4, 0.5) is 11.5 Å². The van der Waals surface area contributed by atoms with Gasteiger partial charge >= 0.3 is 11.9 Å². The number of aromatic nitrogens is 1. The van der Waals surface area contributed by atoms with Crippen LogP contribution in [0.5, 0.6) is 10.9 Å². The maximum atomic E-state index is 13.0. The van der Waals surface area contributed by atoms with Gasteiger partial charge in [-0.1, -0.05) is 65.9 Å². The number of hydrogen-bond donors (Lipinski definition) is 3. The van der Waals surface area contributed by atoms with Crippen LogP contribution in [0, 0.1) is 6.92 Å². The maximum Gasteiger partial charge on any atom is 0.394 e. The van der Waals surface area contributed by atoms with Crippen LogP contribution >= 0.6 is 11.3 Å². The molecule has 0 atom stereocenters. The van der Waals surface area contributed by atoms with Gasteiger partial charge in [0.05, 0.1) is 0 Å². The van der Waals surface area contributed by atoms with E-state index in [1.807, 2.05) is 55.5 Å². The Morgan fingerprint density at radius 2 is 1.59 bits per heavy atom. The predicted octanol–water partition coefficient (Wildman–Crippen LogP) is 5.19. The largest absolute Gasteiger partial charge is 0.474 e. The summed E-state index contributed by atoms with van der Waals surface area (Å²) < 4.78 is 5.72. The standard InChI is InChI=1S/C25H19N3O5S/c1-15-6-5-9-19(14-15)33-25-28-21(27-23(30)24(31)32)20(34-25)22(29)26-18-12-10-17(11-13-18)16-7-3-2-4-8-16/h2-14H,1H3,(H,26,29)(H,27,30)(H,31,32). The van der Waals surface area contributed by atoms with Gasteiger partial charge in [-0.2, -0.15) is 4.98 Å². The van der Waals surface area contributed by atoms with Gasteiger partial charge in [0.2, 0.25) is 0 Å². The Labute approximate surface area is 198 Å². The van der Waals surface area contributed by atoms with Crippen molar-refractivity contribution >= 4 is 40.6 Å². The Bertz CT molecular complexity index is 1350. The first-order valence-electron chi connectivity index (χ1n) is 10.2. The number of benzene rings is 3. The van der Waals surface area contributed by atoms with Gasteiger partial charge in [0.15, 0.2) is 5.82 Å². The van der Waals surface area contributed by atoms with Crippen LogP contribution < -0.4 is 15.4 Å². The third kappa shape index (κ3) is 5.45. The number of nitrogens with zero attached hydrogens (tertiary/aromatic N) is 1. The average molecular weight is 474 g/mol. The van der Waals surface area contributed by atoms with E-state index in [0.717, 1.165) is 28.0 Å². The van der Waals surface area contributed by atoms with E-state index in [1.54, 1.807) is 30.3 Å². The van der Waals surface area contributed by atoms with Gasteiger partial charge in [-0.05, 0) is 47.9 Å². The number of thiazole rings is 1. The molecule has 3 aromatic carbocycles. The minimum absolute atomic E-state index is 0.00406. The van der Waals surface area contributed by atoms with E-state index >= 15 is 0 Å². The Hall–Kier alpha value is -4.50. The Morgan fingerprint density at radius 1 is 0.882 bits per heavy atom. The van der Waals surface area contributed by atoms with Crippen LogP contribution in [0.25, 0.3) is 11.1 Å². The van der Waals surface area contributed by atoms with E-state index < -0.39 is 17.8 Å². The zero-order valence-corrected chi connectivity index (χ0v) is 18.8. The molecular formula is C25H19N3O5S. The molecule has 8 nitrogen and oxygen atoms in total. The molecule has 2 amide bonds. The molecule has 0 unspecified atom stereocenters. The van der Waals surface area contributed by atoms with Crippen LogP contribution in [0.1, 0.15) is 15.2 Å². The monoisotopic (exact) mass is 473 g/mol. The lowest BCUT2D eigenvalue weighted by atomic mass is 10.1. The van der Waals surface area contributed by atoms with Crippen molar-refractivity contribution in [1.82, 2.24) is 4.98 Å². The maximum absolute atomic E-state index is 13.0. The van der Waals surface area contributed by atoms with E-state index in [4.69, 9.17) is 9.84 Å². The molecule has 1 heterocycles. The van der Waals surface area contributed by atoms with E-state index in [-0.39, 0.29) is 15.9 Å². The van der Waals surface area contributed by atoms with E-state index in [1.165, 1.54) is 0 Å². The fourth-order valence-corrected chi connectivity index (χ4v) is 3.87. The van der Waals surface area contributed by atoms with E-state index in [2.05, 4.69) is 15.6 Å². The summed E-state index contributed by atoms with van der Waals surface area (Å²) in [5.74, 6) is -3.28. The van der Waals surface area contributed by atoms with Crippen molar-refractivity contribution < 1.29 is 24.2 Å². The first-order valence-corrected chi connectivity index (χ1v) is 11.0. The number of amides is 2. The minimum atomic E-state index is -1.70. The molecule has 0 spiro atoms. The number of hydrogen-bond acceptors (Lipinski definition) is 6. The molecule has 0 aliphatic heterocycles. The van der Waals surface area contributed by atoms with E-state index in [9.17, 15) is 14.4 Å². The van der Waals surface area contributed by atoms with Crippen molar-refractivity contribution in [2.24, 2.45) is 0 Å². The summed E-state index contributed by atoms with van der Waals surface area (Å²) >= 11 is 0.888. The van der Waals surface area contributed by atoms with Crippen molar-refractivity contribution in [3.8, 4) is 22.1 Å². The van der Waals surface area contributed by atoms with Crippen LogP contribution in [-0.2, 0) is 9.59 Å². The number of carbonyl (C=O) groups excluding carboxylic acids is 2. The Morgan fingerprint density at radius 3 is 2.26 bits per heavy atom. The third-order valence-electron chi connectivity index (χ3n) is 4.68. The van der Waals surface area contributed by atoms with Crippen molar-refractivity contribution in [2.75, 3.05) is 10.6 Å². The zero-order valence-electron chi connectivity index (χ0n) is 17.9. The van der Waals surface area contributed by atoms with Gasteiger partial charge < -0.3 is 15.2 Å². The number of nitrogens with one attached hydrogen (secondary N) is 2. The van der Waals surface area contributed by atoms with Crippen LogP contribution in [0.2, 0.25) is 0 Å². The molecule has 0 radical (unpaired) electrons. The minimum Gasteiger partial charge on any atom is -0.474 e. The first-order chi connectivity index (χ1) is 16.4. The summed E-state index contributed by atoms with van der Waals surface area (Å²) in [6, 6.07) is 24.2. The normalized spacial score (nSPS) is 10.4. The predicted molar refractivity (Wildman–Crippen MR) is 129 cm³/mol. The summed E-state index contributed by atoms with van der Waals surface area (Å²) in [5, 5.41) is 13.9. The average Bonchev–Trinajstić information content (AvgIpc) is 3.22. The second kappa shape index (κ2) is 9.97. The fraction of sp³-hybridized carbons (Fsp3) is 0.0400. The lowest BCUT2D eigenvalue weighted by Gasteiger charge is -2.07. The zero-order chi connectivity index (χ0) is 24.1. The van der Waals surface area contributed by atoms with Crippen LogP contribution in [0.15, 0.2) is 78.9 Å². The van der Waals surface area contributed by atoms with Gasteiger partial charge in [-0.3, -0.25) is 14.9 Å². The van der Waals surface area contributed by atoms with Crippen molar-refractivity contribution in [1.29, 1.82) is 0 Å². The summed E-state index contributed by atoms with van der Waals surface area (Å²) in [6.07, 6.45) is 0. The molecule has 0 saturated carbocycles. The van der Waals surface area contributed by atoms with Crippen LogP contribution in [0.3, 0.4) is 0 Å². The van der Waals surface area contributed by atoms with Crippen molar-refractivity contribution in [3.63, 3.8) is 0 Å². The molecule has 0 fully saturated rings. The lowest BCUT2D eigenvalue weighted by molar-refractivity contribution is -0.147. The molecule has 0 saturated heterocycles. The second-order valence-corrected chi connectivity index (χ2v) is 8.19.